The molecule has 5 nitrogen and oxygen atoms in total. The van der Waals surface area contributed by atoms with Gasteiger partial charge in [0.15, 0.2) is 0 Å². The smallest absolute Gasteiger partial charge is 0.230 e. The molecule has 1 aliphatic rings. The van der Waals surface area contributed by atoms with Crippen molar-refractivity contribution < 1.29 is 17.6 Å². The van der Waals surface area contributed by atoms with Crippen molar-refractivity contribution in [1.82, 2.24) is 4.31 Å². The van der Waals surface area contributed by atoms with Gasteiger partial charge in [-0.1, -0.05) is 6.07 Å². The number of sulfonamides is 1. The van der Waals surface area contributed by atoms with Crippen molar-refractivity contribution in [1.29, 1.82) is 0 Å². The van der Waals surface area contributed by atoms with Gasteiger partial charge in [0, 0.05) is 18.8 Å². The SMILES string of the molecule is CS(=O)(=O)N1CC(C(=O)Nc2cccc(F)c2)C1. The molecule has 0 radical (unpaired) electrons. The Hall–Kier alpha value is -1.47. The number of hydrogen-bond donors (Lipinski definition) is 1. The molecule has 0 atom stereocenters. The topological polar surface area (TPSA) is 66.5 Å². The molecule has 1 amide bonds. The third-order valence-electron chi connectivity index (χ3n) is 2.78. The number of hydrogen-bond acceptors (Lipinski definition) is 3. The van der Waals surface area contributed by atoms with E-state index in [0.29, 0.717) is 5.69 Å². The van der Waals surface area contributed by atoms with E-state index in [2.05, 4.69) is 5.32 Å². The first kappa shape index (κ1) is 13.0. The third kappa shape index (κ3) is 2.85. The molecule has 2 rings (SSSR count). The lowest BCUT2D eigenvalue weighted by Crippen LogP contribution is -2.53. The van der Waals surface area contributed by atoms with E-state index in [9.17, 15) is 17.6 Å². The molecular weight excluding hydrogens is 259 g/mol. The Bertz CT molecular complexity index is 567. The van der Waals surface area contributed by atoms with E-state index in [1.165, 1.54) is 22.5 Å². The predicted molar refractivity (Wildman–Crippen MR) is 64.9 cm³/mol. The van der Waals surface area contributed by atoms with Gasteiger partial charge >= 0.3 is 0 Å². The van der Waals surface area contributed by atoms with Crippen LogP contribution in [0.15, 0.2) is 24.3 Å². The highest BCUT2D eigenvalue weighted by Gasteiger charge is 2.37. The highest BCUT2D eigenvalue weighted by Crippen LogP contribution is 2.20. The van der Waals surface area contributed by atoms with Crippen molar-refractivity contribution in [2.24, 2.45) is 5.92 Å². The summed E-state index contributed by atoms with van der Waals surface area (Å²) in [5, 5.41) is 2.56. The van der Waals surface area contributed by atoms with Gasteiger partial charge in [-0.2, -0.15) is 0 Å². The van der Waals surface area contributed by atoms with Gasteiger partial charge in [-0.3, -0.25) is 4.79 Å². The van der Waals surface area contributed by atoms with Crippen molar-refractivity contribution in [2.75, 3.05) is 24.7 Å². The minimum absolute atomic E-state index is 0.181. The van der Waals surface area contributed by atoms with Crippen LogP contribution in [0.2, 0.25) is 0 Å². The number of rotatable bonds is 3. The molecule has 0 unspecified atom stereocenters. The van der Waals surface area contributed by atoms with Crippen molar-refractivity contribution >= 4 is 21.6 Å². The van der Waals surface area contributed by atoms with E-state index in [4.69, 9.17) is 0 Å². The van der Waals surface area contributed by atoms with Crippen LogP contribution in [0.1, 0.15) is 0 Å². The maximum absolute atomic E-state index is 12.9. The Morgan fingerprint density at radius 2 is 2.11 bits per heavy atom. The average Bonchev–Trinajstić information content (AvgIpc) is 2.11. The van der Waals surface area contributed by atoms with Crippen LogP contribution < -0.4 is 5.32 Å². The molecule has 0 saturated carbocycles. The van der Waals surface area contributed by atoms with Gasteiger partial charge in [0.1, 0.15) is 5.82 Å². The van der Waals surface area contributed by atoms with Crippen molar-refractivity contribution in [3.05, 3.63) is 30.1 Å². The lowest BCUT2D eigenvalue weighted by Gasteiger charge is -2.35. The number of anilines is 1. The van der Waals surface area contributed by atoms with Crippen molar-refractivity contribution in [3.63, 3.8) is 0 Å². The van der Waals surface area contributed by atoms with Crippen molar-refractivity contribution in [3.8, 4) is 0 Å². The quantitative estimate of drug-likeness (QED) is 0.879. The van der Waals surface area contributed by atoms with Gasteiger partial charge in [0.05, 0.1) is 12.2 Å². The second-order valence-corrected chi connectivity index (χ2v) is 6.26. The first-order valence-corrected chi connectivity index (χ1v) is 7.22. The molecule has 7 heteroatoms. The molecule has 1 fully saturated rings. The molecule has 1 aromatic rings. The maximum atomic E-state index is 12.9. The fourth-order valence-electron chi connectivity index (χ4n) is 1.69. The highest BCUT2D eigenvalue weighted by atomic mass is 32.2. The molecule has 18 heavy (non-hydrogen) atoms. The summed E-state index contributed by atoms with van der Waals surface area (Å²) in [5.74, 6) is -1.09. The summed E-state index contributed by atoms with van der Waals surface area (Å²) in [6.07, 6.45) is 1.10. The summed E-state index contributed by atoms with van der Waals surface area (Å²) >= 11 is 0. The van der Waals surface area contributed by atoms with Gasteiger partial charge in [0.25, 0.3) is 0 Å². The second-order valence-electron chi connectivity index (χ2n) is 4.28. The number of benzene rings is 1. The van der Waals surface area contributed by atoms with Crippen LogP contribution in [0.5, 0.6) is 0 Å². The third-order valence-corrected chi connectivity index (χ3v) is 4.02. The van der Waals surface area contributed by atoms with E-state index < -0.39 is 15.8 Å². The van der Waals surface area contributed by atoms with E-state index >= 15 is 0 Å². The molecule has 1 N–H and O–H groups in total. The summed E-state index contributed by atoms with van der Waals surface area (Å²) < 4.78 is 36.4. The zero-order chi connectivity index (χ0) is 13.3. The predicted octanol–water partition coefficient (Wildman–Crippen LogP) is 0.656. The fourth-order valence-corrected chi connectivity index (χ4v) is 2.59. The van der Waals surface area contributed by atoms with Gasteiger partial charge in [0.2, 0.25) is 15.9 Å². The molecule has 1 heterocycles. The summed E-state index contributed by atoms with van der Waals surface area (Å²) in [5.41, 5.74) is 0.373. The first-order chi connectivity index (χ1) is 8.36. The molecule has 0 aromatic heterocycles. The highest BCUT2D eigenvalue weighted by molar-refractivity contribution is 7.88. The molecule has 0 bridgehead atoms. The first-order valence-electron chi connectivity index (χ1n) is 5.38. The Morgan fingerprint density at radius 1 is 1.44 bits per heavy atom. The maximum Gasteiger partial charge on any atom is 0.230 e. The van der Waals surface area contributed by atoms with Gasteiger partial charge < -0.3 is 5.32 Å². The zero-order valence-electron chi connectivity index (χ0n) is 9.76. The number of halogens is 1. The minimum atomic E-state index is -3.22. The van der Waals surface area contributed by atoms with E-state index in [1.807, 2.05) is 0 Å². The number of amides is 1. The van der Waals surface area contributed by atoms with Crippen LogP contribution in [0, 0.1) is 11.7 Å². The van der Waals surface area contributed by atoms with Crippen LogP contribution >= 0.6 is 0 Å². The van der Waals surface area contributed by atoms with Gasteiger partial charge in [-0.15, -0.1) is 0 Å². The summed E-state index contributed by atoms with van der Waals surface area (Å²) in [4.78, 5) is 11.7. The number of carbonyl (C=O) groups excluding carboxylic acids is 1. The Kier molecular flexibility index (Phi) is 3.36. The summed E-state index contributed by atoms with van der Waals surface area (Å²) in [7, 11) is -3.22. The summed E-state index contributed by atoms with van der Waals surface area (Å²) in [6.45, 7) is 0.361. The Balaban J connectivity index is 1.92. The van der Waals surface area contributed by atoms with Gasteiger partial charge in [-0.25, -0.2) is 17.1 Å². The lowest BCUT2D eigenvalue weighted by atomic mass is 10.0. The number of carbonyl (C=O) groups is 1. The largest absolute Gasteiger partial charge is 0.326 e. The van der Waals surface area contributed by atoms with Crippen LogP contribution in [0.25, 0.3) is 0 Å². The second kappa shape index (κ2) is 4.66. The molecule has 0 spiro atoms. The Morgan fingerprint density at radius 3 is 2.67 bits per heavy atom. The Labute approximate surface area is 105 Å². The number of nitrogens with zero attached hydrogens (tertiary/aromatic N) is 1. The normalized spacial score (nSPS) is 17.2. The van der Waals surface area contributed by atoms with E-state index in [-0.39, 0.29) is 24.9 Å². The molecule has 1 saturated heterocycles. The van der Waals surface area contributed by atoms with Crippen molar-refractivity contribution in [2.45, 2.75) is 0 Å². The molecular formula is C11H13FN2O3S. The molecule has 0 aliphatic carbocycles. The van der Waals surface area contributed by atoms with Gasteiger partial charge in [-0.05, 0) is 18.2 Å². The van der Waals surface area contributed by atoms with Crippen LogP contribution in [0.3, 0.4) is 0 Å². The van der Waals surface area contributed by atoms with Crippen LogP contribution in [-0.4, -0.2) is 38.0 Å². The molecule has 1 aliphatic heterocycles. The van der Waals surface area contributed by atoms with E-state index in [0.717, 1.165) is 6.26 Å². The standard InChI is InChI=1S/C11H13FN2O3S/c1-18(16,17)14-6-8(7-14)11(15)13-10-4-2-3-9(12)5-10/h2-5,8H,6-7H2,1H3,(H,13,15). The lowest BCUT2D eigenvalue weighted by molar-refractivity contribution is -0.122. The fraction of sp³-hybridized carbons (Fsp3) is 0.364. The molecule has 1 aromatic carbocycles. The summed E-state index contributed by atoms with van der Waals surface area (Å²) in [6, 6.07) is 5.57. The minimum Gasteiger partial charge on any atom is -0.326 e. The average molecular weight is 272 g/mol. The van der Waals surface area contributed by atoms with E-state index in [1.54, 1.807) is 6.07 Å². The molecule has 98 valence electrons. The van der Waals surface area contributed by atoms with Crippen LogP contribution in [0.4, 0.5) is 10.1 Å². The monoisotopic (exact) mass is 272 g/mol. The zero-order valence-corrected chi connectivity index (χ0v) is 10.6. The van der Waals surface area contributed by atoms with Crippen LogP contribution in [-0.2, 0) is 14.8 Å². The number of nitrogens with one attached hydrogen (secondary N) is 1.